The fourth-order valence-corrected chi connectivity index (χ4v) is 7.65. The van der Waals surface area contributed by atoms with Crippen molar-refractivity contribution in [2.24, 2.45) is 11.3 Å². The molecule has 1 aromatic rings. The molecule has 170 valence electrons. The Morgan fingerprint density at radius 1 is 1.00 bits per heavy atom. The van der Waals surface area contributed by atoms with Crippen LogP contribution in [0.1, 0.15) is 55.5 Å². The van der Waals surface area contributed by atoms with Gasteiger partial charge in [-0.05, 0) is 43.2 Å². The van der Waals surface area contributed by atoms with Gasteiger partial charge in [-0.1, -0.05) is 19.3 Å². The summed E-state index contributed by atoms with van der Waals surface area (Å²) < 4.78 is 32.7. The molecule has 0 aromatic carbocycles. The molecule has 4 fully saturated rings. The monoisotopic (exact) mass is 449 g/mol. The summed E-state index contributed by atoms with van der Waals surface area (Å²) in [5.41, 5.74) is -0.224. The molecular weight excluding hydrogens is 418 g/mol. The van der Waals surface area contributed by atoms with Crippen molar-refractivity contribution in [3.63, 3.8) is 0 Å². The second-order valence-electron chi connectivity index (χ2n) is 9.61. The topological polar surface area (TPSA) is 91.1 Å². The third-order valence-corrected chi connectivity index (χ3v) is 9.99. The van der Waals surface area contributed by atoms with Crippen LogP contribution >= 0.6 is 0 Å². The van der Waals surface area contributed by atoms with E-state index < -0.39 is 10.0 Å². The van der Waals surface area contributed by atoms with E-state index in [2.05, 4.69) is 0 Å². The summed E-state index contributed by atoms with van der Waals surface area (Å²) in [6.07, 6.45) is 8.11. The molecule has 31 heavy (non-hydrogen) atoms. The first-order valence-corrected chi connectivity index (χ1v) is 13.0. The summed E-state index contributed by atoms with van der Waals surface area (Å²) in [4.78, 5) is 29.7. The van der Waals surface area contributed by atoms with Crippen LogP contribution in [0.15, 0.2) is 22.8 Å². The van der Waals surface area contributed by atoms with Gasteiger partial charge in [0.15, 0.2) is 5.76 Å². The lowest BCUT2D eigenvalue weighted by atomic mass is 9.67. The minimum absolute atomic E-state index is 0.0699. The molecule has 1 aromatic heterocycles. The second kappa shape index (κ2) is 7.92. The lowest BCUT2D eigenvalue weighted by Crippen LogP contribution is -2.54. The van der Waals surface area contributed by atoms with E-state index >= 15 is 0 Å². The summed E-state index contributed by atoms with van der Waals surface area (Å²) in [6, 6.07) is 3.35. The number of piperazine rings is 1. The number of amides is 2. The van der Waals surface area contributed by atoms with Gasteiger partial charge in [0, 0.05) is 39.3 Å². The van der Waals surface area contributed by atoms with Crippen molar-refractivity contribution in [3.05, 3.63) is 24.2 Å². The molecule has 0 radical (unpaired) electrons. The fraction of sp³-hybridized carbons (Fsp3) is 0.727. The molecule has 2 amide bonds. The third-order valence-electron chi connectivity index (χ3n) is 7.68. The van der Waals surface area contributed by atoms with Gasteiger partial charge in [0.05, 0.1) is 17.4 Å². The molecule has 2 aliphatic carbocycles. The first kappa shape index (κ1) is 21.0. The van der Waals surface area contributed by atoms with E-state index in [1.54, 1.807) is 21.3 Å². The summed E-state index contributed by atoms with van der Waals surface area (Å²) >= 11 is 0. The molecule has 2 saturated heterocycles. The zero-order valence-corrected chi connectivity index (χ0v) is 18.7. The van der Waals surface area contributed by atoms with Crippen molar-refractivity contribution in [3.8, 4) is 0 Å². The Labute approximate surface area is 183 Å². The van der Waals surface area contributed by atoms with Crippen LogP contribution in [0.3, 0.4) is 0 Å². The normalized spacial score (nSPS) is 27.0. The molecule has 1 atom stereocenters. The fourth-order valence-electron chi connectivity index (χ4n) is 5.70. The Morgan fingerprint density at radius 2 is 1.68 bits per heavy atom. The molecule has 0 bridgehead atoms. The molecule has 0 N–H and O–H groups in total. The van der Waals surface area contributed by atoms with Crippen LogP contribution in [0, 0.1) is 11.3 Å². The number of hydrogen-bond donors (Lipinski definition) is 0. The number of rotatable bonds is 4. The highest BCUT2D eigenvalue weighted by molar-refractivity contribution is 7.90. The SMILES string of the molecule is O=C(c1ccco1)N1CCN(C(=O)[C@@H]2CN(S(=O)(=O)C3CC3)CC23CCCCC3)CC1. The first-order chi connectivity index (χ1) is 14.9. The van der Waals surface area contributed by atoms with Gasteiger partial charge in [0.2, 0.25) is 15.9 Å². The Hall–Kier alpha value is -1.87. The molecule has 2 saturated carbocycles. The molecule has 4 aliphatic rings. The number of hydrogen-bond acceptors (Lipinski definition) is 5. The van der Waals surface area contributed by atoms with E-state index in [1.807, 2.05) is 4.90 Å². The maximum atomic E-state index is 13.6. The van der Waals surface area contributed by atoms with Crippen LogP contribution in [0.25, 0.3) is 0 Å². The van der Waals surface area contributed by atoms with Gasteiger partial charge < -0.3 is 14.2 Å². The van der Waals surface area contributed by atoms with Crippen LogP contribution in [0.5, 0.6) is 0 Å². The largest absolute Gasteiger partial charge is 0.459 e. The van der Waals surface area contributed by atoms with Crippen LogP contribution in [0.2, 0.25) is 0 Å². The highest BCUT2D eigenvalue weighted by Crippen LogP contribution is 2.50. The smallest absolute Gasteiger partial charge is 0.289 e. The summed E-state index contributed by atoms with van der Waals surface area (Å²) in [6.45, 7) is 2.72. The standard InChI is InChI=1S/C22H31N3O5S/c26-20(23-10-12-24(13-11-23)21(27)19-5-4-14-30-19)18-15-25(31(28,29)17-6-7-17)16-22(18)8-2-1-3-9-22/h4-5,14,17-18H,1-3,6-13,15-16H2/t18-/m0/s1. The van der Waals surface area contributed by atoms with Crippen LogP contribution < -0.4 is 0 Å². The van der Waals surface area contributed by atoms with Crippen LogP contribution in [-0.4, -0.2) is 78.9 Å². The van der Waals surface area contributed by atoms with Gasteiger partial charge in [-0.2, -0.15) is 0 Å². The van der Waals surface area contributed by atoms with E-state index in [1.165, 1.54) is 6.26 Å². The van der Waals surface area contributed by atoms with Gasteiger partial charge in [0.1, 0.15) is 0 Å². The highest BCUT2D eigenvalue weighted by Gasteiger charge is 2.55. The van der Waals surface area contributed by atoms with Gasteiger partial charge in [-0.15, -0.1) is 0 Å². The number of carbonyl (C=O) groups excluding carboxylic acids is 2. The second-order valence-corrected chi connectivity index (χ2v) is 11.8. The quantitative estimate of drug-likeness (QED) is 0.701. The molecule has 2 aliphatic heterocycles. The zero-order chi connectivity index (χ0) is 21.6. The number of furan rings is 1. The summed E-state index contributed by atoms with van der Waals surface area (Å²) in [7, 11) is -3.28. The predicted molar refractivity (Wildman–Crippen MR) is 114 cm³/mol. The lowest BCUT2D eigenvalue weighted by molar-refractivity contribution is -0.140. The average molecular weight is 450 g/mol. The molecule has 5 rings (SSSR count). The number of nitrogens with zero attached hydrogens (tertiary/aromatic N) is 3. The summed E-state index contributed by atoms with van der Waals surface area (Å²) in [5, 5.41) is -0.238. The Morgan fingerprint density at radius 3 is 2.29 bits per heavy atom. The van der Waals surface area contributed by atoms with Crippen molar-refractivity contribution in [2.45, 2.75) is 50.2 Å². The van der Waals surface area contributed by atoms with E-state index in [9.17, 15) is 18.0 Å². The van der Waals surface area contributed by atoms with Gasteiger partial charge in [-0.3, -0.25) is 9.59 Å². The molecule has 1 spiro atoms. The summed E-state index contributed by atoms with van der Waals surface area (Å²) in [5.74, 6) is -0.0322. The molecule has 0 unspecified atom stereocenters. The van der Waals surface area contributed by atoms with Gasteiger partial charge in [0.25, 0.3) is 5.91 Å². The van der Waals surface area contributed by atoms with Crippen molar-refractivity contribution in [1.82, 2.24) is 14.1 Å². The maximum Gasteiger partial charge on any atom is 0.289 e. The number of carbonyl (C=O) groups is 2. The molecular formula is C22H31N3O5S. The van der Waals surface area contributed by atoms with Crippen LogP contribution in [-0.2, 0) is 14.8 Å². The van der Waals surface area contributed by atoms with E-state index in [-0.39, 0.29) is 28.4 Å². The Balaban J connectivity index is 1.29. The van der Waals surface area contributed by atoms with Crippen molar-refractivity contribution in [2.75, 3.05) is 39.3 Å². The zero-order valence-electron chi connectivity index (χ0n) is 17.9. The maximum absolute atomic E-state index is 13.6. The van der Waals surface area contributed by atoms with E-state index in [0.29, 0.717) is 45.0 Å². The molecule has 8 nitrogen and oxygen atoms in total. The van der Waals surface area contributed by atoms with Crippen molar-refractivity contribution in [1.29, 1.82) is 0 Å². The first-order valence-electron chi connectivity index (χ1n) is 11.5. The third kappa shape index (κ3) is 3.80. The van der Waals surface area contributed by atoms with E-state index in [0.717, 1.165) is 44.9 Å². The lowest BCUT2D eigenvalue weighted by Gasteiger charge is -2.41. The average Bonchev–Trinajstić information content (AvgIpc) is 3.40. The molecule has 9 heteroatoms. The van der Waals surface area contributed by atoms with E-state index in [4.69, 9.17) is 4.42 Å². The Kier molecular flexibility index (Phi) is 5.37. The highest BCUT2D eigenvalue weighted by atomic mass is 32.2. The van der Waals surface area contributed by atoms with Crippen LogP contribution in [0.4, 0.5) is 0 Å². The number of sulfonamides is 1. The Bertz CT molecular complexity index is 926. The van der Waals surface area contributed by atoms with Crippen molar-refractivity contribution < 1.29 is 22.4 Å². The van der Waals surface area contributed by atoms with Gasteiger partial charge in [-0.25, -0.2) is 12.7 Å². The predicted octanol–water partition coefficient (Wildman–Crippen LogP) is 1.94. The minimum Gasteiger partial charge on any atom is -0.459 e. The molecule has 3 heterocycles. The minimum atomic E-state index is -3.28. The van der Waals surface area contributed by atoms with Gasteiger partial charge >= 0.3 is 0 Å². The van der Waals surface area contributed by atoms with Crippen molar-refractivity contribution >= 4 is 21.8 Å².